The molecular weight excluding hydrogens is 364 g/mol. The van der Waals surface area contributed by atoms with Crippen LogP contribution < -0.4 is 5.43 Å². The molecule has 4 nitrogen and oxygen atoms in total. The second-order valence-corrected chi connectivity index (χ2v) is 8.43. The molecule has 0 aliphatic carbocycles. The molecule has 2 aromatic carbocycles. The van der Waals surface area contributed by atoms with Gasteiger partial charge >= 0.3 is 0 Å². The Labute approximate surface area is 170 Å². The first-order valence-corrected chi connectivity index (χ1v) is 9.74. The minimum Gasteiger partial charge on any atom is -0.507 e. The molecular formula is C25H28O4. The minimum absolute atomic E-state index is 0.0683. The summed E-state index contributed by atoms with van der Waals surface area (Å²) >= 11 is 0. The Morgan fingerprint density at radius 3 is 2.45 bits per heavy atom. The molecule has 4 heteroatoms. The molecule has 0 saturated carbocycles. The summed E-state index contributed by atoms with van der Waals surface area (Å²) in [4.78, 5) is 13.5. The van der Waals surface area contributed by atoms with E-state index in [-0.39, 0.29) is 23.2 Å². The van der Waals surface area contributed by atoms with E-state index in [1.807, 2.05) is 52.8 Å². The Balaban J connectivity index is 2.56. The van der Waals surface area contributed by atoms with E-state index in [0.29, 0.717) is 34.1 Å². The molecule has 0 unspecified atom stereocenters. The third kappa shape index (κ3) is 3.60. The van der Waals surface area contributed by atoms with Gasteiger partial charge in [-0.1, -0.05) is 37.6 Å². The van der Waals surface area contributed by atoms with E-state index in [9.17, 15) is 15.0 Å². The average Bonchev–Trinajstić information content (AvgIpc) is 2.65. The summed E-state index contributed by atoms with van der Waals surface area (Å²) in [6, 6.07) is 5.45. The van der Waals surface area contributed by atoms with Gasteiger partial charge in [-0.15, -0.1) is 6.58 Å². The number of phenols is 1. The van der Waals surface area contributed by atoms with Crippen molar-refractivity contribution in [1.29, 1.82) is 0 Å². The number of phenolic OH excluding ortho intramolecular Hbond substituents is 1. The van der Waals surface area contributed by atoms with Gasteiger partial charge in [-0.05, 0) is 56.0 Å². The number of aryl methyl sites for hydroxylation is 1. The van der Waals surface area contributed by atoms with Crippen molar-refractivity contribution in [3.8, 4) is 5.75 Å². The Bertz CT molecular complexity index is 1210. The molecule has 0 aliphatic heterocycles. The number of hydrogen-bond acceptors (Lipinski definition) is 4. The second kappa shape index (κ2) is 7.53. The van der Waals surface area contributed by atoms with Crippen molar-refractivity contribution in [3.05, 3.63) is 75.0 Å². The number of fused-ring (bicyclic) bond motifs is 2. The smallest absolute Gasteiger partial charge is 0.204 e. The highest BCUT2D eigenvalue weighted by atomic mass is 16.3. The van der Waals surface area contributed by atoms with Crippen molar-refractivity contribution in [3.63, 3.8) is 0 Å². The highest BCUT2D eigenvalue weighted by Gasteiger charge is 2.27. The van der Waals surface area contributed by atoms with Crippen LogP contribution in [0.2, 0.25) is 0 Å². The molecule has 0 spiro atoms. The molecule has 3 rings (SSSR count). The van der Waals surface area contributed by atoms with Gasteiger partial charge in [0.1, 0.15) is 22.3 Å². The standard InChI is InChI=1S/C25H28O4/c1-7-25(5,6)18-12-16(9-8-14(2)3)22(27)21-23(28)20-17(13-26)10-15(4)11-19(20)29-24(18)21/h7-8,10-12,26-27H,1,9,13H2,2-6H3. The largest absolute Gasteiger partial charge is 0.507 e. The second-order valence-electron chi connectivity index (χ2n) is 8.43. The van der Waals surface area contributed by atoms with Gasteiger partial charge < -0.3 is 14.6 Å². The van der Waals surface area contributed by atoms with Crippen LogP contribution in [-0.2, 0) is 18.4 Å². The zero-order valence-corrected chi connectivity index (χ0v) is 17.7. The molecule has 152 valence electrons. The Kier molecular flexibility index (Phi) is 5.42. The molecule has 0 fully saturated rings. The van der Waals surface area contributed by atoms with E-state index in [2.05, 4.69) is 6.58 Å². The fraction of sp³-hybridized carbons (Fsp3) is 0.320. The quantitative estimate of drug-likeness (QED) is 0.449. The molecule has 1 aromatic heterocycles. The van der Waals surface area contributed by atoms with Crippen LogP contribution in [0.1, 0.15) is 49.9 Å². The van der Waals surface area contributed by atoms with E-state index in [1.54, 1.807) is 12.1 Å². The summed E-state index contributed by atoms with van der Waals surface area (Å²) < 4.78 is 6.20. The molecule has 0 saturated heterocycles. The van der Waals surface area contributed by atoms with Crippen molar-refractivity contribution in [2.75, 3.05) is 0 Å². The van der Waals surface area contributed by atoms with Crippen LogP contribution in [0.4, 0.5) is 0 Å². The Hall–Kier alpha value is -2.85. The highest BCUT2D eigenvalue weighted by molar-refractivity contribution is 5.97. The van der Waals surface area contributed by atoms with Crippen LogP contribution in [0.3, 0.4) is 0 Å². The molecule has 3 aromatic rings. The third-order valence-electron chi connectivity index (χ3n) is 5.43. The molecule has 1 heterocycles. The third-order valence-corrected chi connectivity index (χ3v) is 5.43. The van der Waals surface area contributed by atoms with Gasteiger partial charge in [-0.25, -0.2) is 0 Å². The monoisotopic (exact) mass is 392 g/mol. The maximum atomic E-state index is 13.5. The summed E-state index contributed by atoms with van der Waals surface area (Å²) in [5, 5.41) is 21.3. The Morgan fingerprint density at radius 1 is 1.17 bits per heavy atom. The average molecular weight is 392 g/mol. The zero-order valence-electron chi connectivity index (χ0n) is 17.7. The van der Waals surface area contributed by atoms with Crippen LogP contribution in [0.25, 0.3) is 21.9 Å². The topological polar surface area (TPSA) is 70.7 Å². The summed E-state index contributed by atoms with van der Waals surface area (Å²) in [6.07, 6.45) is 4.32. The molecule has 2 N–H and O–H groups in total. The number of benzene rings is 2. The van der Waals surface area contributed by atoms with E-state index < -0.39 is 5.41 Å². The lowest BCUT2D eigenvalue weighted by Crippen LogP contribution is -2.16. The van der Waals surface area contributed by atoms with Crippen molar-refractivity contribution < 1.29 is 14.6 Å². The lowest BCUT2D eigenvalue weighted by Gasteiger charge is -2.23. The van der Waals surface area contributed by atoms with Crippen LogP contribution >= 0.6 is 0 Å². The highest BCUT2D eigenvalue weighted by Crippen LogP contribution is 2.39. The van der Waals surface area contributed by atoms with Crippen LogP contribution in [0, 0.1) is 6.92 Å². The summed E-state index contributed by atoms with van der Waals surface area (Å²) in [7, 11) is 0. The molecule has 0 radical (unpaired) electrons. The predicted octanol–water partition coefficient (Wildman–Crippen LogP) is 5.42. The lowest BCUT2D eigenvalue weighted by molar-refractivity contribution is 0.283. The van der Waals surface area contributed by atoms with Gasteiger partial charge in [0.25, 0.3) is 0 Å². The lowest BCUT2D eigenvalue weighted by atomic mass is 9.82. The number of aliphatic hydroxyl groups excluding tert-OH is 1. The fourth-order valence-electron chi connectivity index (χ4n) is 3.61. The normalized spacial score (nSPS) is 11.8. The van der Waals surface area contributed by atoms with Crippen molar-refractivity contribution in [2.24, 2.45) is 0 Å². The molecule has 0 bridgehead atoms. The van der Waals surface area contributed by atoms with Gasteiger partial charge in [0.15, 0.2) is 0 Å². The fourth-order valence-corrected chi connectivity index (χ4v) is 3.61. The Morgan fingerprint density at radius 2 is 1.86 bits per heavy atom. The number of rotatable bonds is 5. The minimum atomic E-state index is -0.473. The van der Waals surface area contributed by atoms with Crippen LogP contribution in [0.5, 0.6) is 5.75 Å². The van der Waals surface area contributed by atoms with Crippen LogP contribution in [-0.4, -0.2) is 10.2 Å². The first kappa shape index (κ1) is 20.9. The van der Waals surface area contributed by atoms with Gasteiger partial charge in [-0.3, -0.25) is 4.79 Å². The number of aliphatic hydroxyl groups is 1. The van der Waals surface area contributed by atoms with E-state index >= 15 is 0 Å². The molecule has 0 aliphatic rings. The van der Waals surface area contributed by atoms with E-state index in [1.165, 1.54) is 0 Å². The summed E-state index contributed by atoms with van der Waals surface area (Å²) in [5.41, 5.74) is 3.92. The van der Waals surface area contributed by atoms with Crippen molar-refractivity contribution >= 4 is 21.9 Å². The molecule has 29 heavy (non-hydrogen) atoms. The first-order valence-electron chi connectivity index (χ1n) is 9.74. The van der Waals surface area contributed by atoms with Gasteiger partial charge in [0, 0.05) is 11.0 Å². The van der Waals surface area contributed by atoms with Crippen molar-refractivity contribution in [1.82, 2.24) is 0 Å². The predicted molar refractivity (Wildman–Crippen MR) is 119 cm³/mol. The van der Waals surface area contributed by atoms with Crippen molar-refractivity contribution in [2.45, 2.75) is 53.1 Å². The van der Waals surface area contributed by atoms with E-state index in [4.69, 9.17) is 4.42 Å². The zero-order chi connectivity index (χ0) is 21.5. The number of allylic oxidation sites excluding steroid dienone is 3. The van der Waals surface area contributed by atoms with Gasteiger partial charge in [0.2, 0.25) is 5.43 Å². The van der Waals surface area contributed by atoms with Gasteiger partial charge in [0.05, 0.1) is 12.0 Å². The van der Waals surface area contributed by atoms with Gasteiger partial charge in [-0.2, -0.15) is 0 Å². The van der Waals surface area contributed by atoms with E-state index in [0.717, 1.165) is 16.7 Å². The first-order chi connectivity index (χ1) is 13.6. The summed E-state index contributed by atoms with van der Waals surface area (Å²) in [6.45, 7) is 13.5. The van der Waals surface area contributed by atoms with Crippen LogP contribution in [0.15, 0.2) is 51.7 Å². The summed E-state index contributed by atoms with van der Waals surface area (Å²) in [5.74, 6) is -0.0683. The SMILES string of the molecule is C=CC(C)(C)c1cc(CC=C(C)C)c(O)c2c(=O)c3c(CO)cc(C)cc3oc12. The molecule has 0 amide bonds. The number of aromatic hydroxyl groups is 1. The number of hydrogen-bond donors (Lipinski definition) is 2. The maximum absolute atomic E-state index is 13.5. The maximum Gasteiger partial charge on any atom is 0.204 e. The molecule has 0 atom stereocenters.